The van der Waals surface area contributed by atoms with Crippen molar-refractivity contribution in [3.8, 4) is 0 Å². The van der Waals surface area contributed by atoms with Crippen LogP contribution in [0, 0.1) is 6.92 Å². The van der Waals surface area contributed by atoms with Crippen molar-refractivity contribution in [2.24, 2.45) is 0 Å². The second kappa shape index (κ2) is 8.81. The molecule has 4 N–H and O–H groups in total. The van der Waals surface area contributed by atoms with E-state index in [4.69, 9.17) is 5.11 Å². The standard InChI is InChI=1S/C17H23N5O3/c1-11(16-19-12(2)21-22-16)18-17(25)20-14(8-9-15(23)24)10-13-6-4-3-5-7-13/h3-7,11,14H,8-10H2,1-2H3,(H,23,24)(H2,18,20,25)(H,19,21,22). The number of carbonyl (C=O) groups excluding carboxylic acids is 1. The van der Waals surface area contributed by atoms with E-state index in [-0.39, 0.29) is 24.5 Å². The molecule has 2 amide bonds. The molecule has 8 heteroatoms. The number of H-pyrrole nitrogens is 1. The monoisotopic (exact) mass is 345 g/mol. The molecule has 1 heterocycles. The van der Waals surface area contributed by atoms with Gasteiger partial charge in [0.05, 0.1) is 6.04 Å². The lowest BCUT2D eigenvalue weighted by Gasteiger charge is -2.20. The van der Waals surface area contributed by atoms with Crippen LogP contribution in [0.4, 0.5) is 4.79 Å². The zero-order valence-corrected chi connectivity index (χ0v) is 14.3. The zero-order chi connectivity index (χ0) is 18.2. The van der Waals surface area contributed by atoms with Crippen LogP contribution in [-0.2, 0) is 11.2 Å². The van der Waals surface area contributed by atoms with Gasteiger partial charge in [-0.05, 0) is 32.3 Å². The quantitative estimate of drug-likeness (QED) is 0.583. The van der Waals surface area contributed by atoms with Gasteiger partial charge >= 0.3 is 12.0 Å². The number of aryl methyl sites for hydroxylation is 1. The summed E-state index contributed by atoms with van der Waals surface area (Å²) in [6.45, 7) is 3.57. The van der Waals surface area contributed by atoms with E-state index in [9.17, 15) is 9.59 Å². The van der Waals surface area contributed by atoms with Gasteiger partial charge in [-0.2, -0.15) is 5.10 Å². The Morgan fingerprint density at radius 3 is 2.56 bits per heavy atom. The first-order valence-electron chi connectivity index (χ1n) is 8.15. The second-order valence-corrected chi connectivity index (χ2v) is 5.94. The number of carbonyl (C=O) groups is 2. The average Bonchev–Trinajstić information content (AvgIpc) is 3.00. The number of benzene rings is 1. The second-order valence-electron chi connectivity index (χ2n) is 5.94. The highest BCUT2D eigenvalue weighted by Crippen LogP contribution is 2.09. The molecule has 0 aliphatic rings. The minimum absolute atomic E-state index is 0.00650. The van der Waals surface area contributed by atoms with Gasteiger partial charge < -0.3 is 15.7 Å². The number of hydrogen-bond acceptors (Lipinski definition) is 4. The number of aromatic amines is 1. The van der Waals surface area contributed by atoms with Crippen LogP contribution in [0.1, 0.15) is 43.0 Å². The molecule has 0 radical (unpaired) electrons. The maximum absolute atomic E-state index is 12.2. The lowest BCUT2D eigenvalue weighted by atomic mass is 10.0. The van der Waals surface area contributed by atoms with Gasteiger partial charge in [0.25, 0.3) is 0 Å². The molecule has 2 aromatic rings. The lowest BCUT2D eigenvalue weighted by molar-refractivity contribution is -0.137. The summed E-state index contributed by atoms with van der Waals surface area (Å²) in [5.41, 5.74) is 1.04. The van der Waals surface area contributed by atoms with Gasteiger partial charge in [0.1, 0.15) is 5.82 Å². The first kappa shape index (κ1) is 18.4. The first-order chi connectivity index (χ1) is 11.9. The Labute approximate surface area is 146 Å². The number of nitrogens with zero attached hydrogens (tertiary/aromatic N) is 2. The van der Waals surface area contributed by atoms with Crippen LogP contribution in [0.15, 0.2) is 30.3 Å². The average molecular weight is 345 g/mol. The van der Waals surface area contributed by atoms with Crippen molar-refractivity contribution in [2.45, 2.75) is 45.2 Å². The minimum atomic E-state index is -0.884. The Morgan fingerprint density at radius 1 is 1.24 bits per heavy atom. The summed E-state index contributed by atoms with van der Waals surface area (Å²) in [6, 6.07) is 8.63. The highest BCUT2D eigenvalue weighted by Gasteiger charge is 2.18. The van der Waals surface area contributed by atoms with Crippen molar-refractivity contribution in [1.82, 2.24) is 25.8 Å². The van der Waals surface area contributed by atoms with E-state index in [1.807, 2.05) is 30.3 Å². The number of nitrogens with one attached hydrogen (secondary N) is 3. The molecule has 2 rings (SSSR count). The molecule has 0 spiro atoms. The minimum Gasteiger partial charge on any atom is -0.481 e. The number of hydrogen-bond donors (Lipinski definition) is 4. The molecule has 2 atom stereocenters. The third-order valence-corrected chi connectivity index (χ3v) is 3.72. The fourth-order valence-electron chi connectivity index (χ4n) is 2.46. The molecule has 8 nitrogen and oxygen atoms in total. The number of aromatic nitrogens is 3. The van der Waals surface area contributed by atoms with Gasteiger partial charge in [-0.3, -0.25) is 9.89 Å². The molecule has 0 aliphatic carbocycles. The van der Waals surface area contributed by atoms with Gasteiger partial charge in [0.2, 0.25) is 0 Å². The van der Waals surface area contributed by atoms with Gasteiger partial charge in [0.15, 0.2) is 5.82 Å². The molecule has 2 unspecified atom stereocenters. The Balaban J connectivity index is 1.94. The molecule has 0 bridgehead atoms. The van der Waals surface area contributed by atoms with Crippen LogP contribution in [0.5, 0.6) is 0 Å². The van der Waals surface area contributed by atoms with E-state index in [0.29, 0.717) is 24.5 Å². The zero-order valence-electron chi connectivity index (χ0n) is 14.3. The maximum atomic E-state index is 12.2. The van der Waals surface area contributed by atoms with Crippen LogP contribution in [0.25, 0.3) is 0 Å². The third-order valence-electron chi connectivity index (χ3n) is 3.72. The summed E-state index contributed by atoms with van der Waals surface area (Å²) in [7, 11) is 0. The number of urea groups is 1. The Hall–Kier alpha value is -2.90. The van der Waals surface area contributed by atoms with Crippen molar-refractivity contribution in [3.63, 3.8) is 0 Å². The molecular formula is C17H23N5O3. The van der Waals surface area contributed by atoms with Gasteiger partial charge in [0, 0.05) is 12.5 Å². The maximum Gasteiger partial charge on any atom is 0.315 e. The van der Waals surface area contributed by atoms with Crippen LogP contribution in [0.2, 0.25) is 0 Å². The van der Waals surface area contributed by atoms with E-state index < -0.39 is 5.97 Å². The summed E-state index contributed by atoms with van der Waals surface area (Å²) in [5.74, 6) is 0.287. The summed E-state index contributed by atoms with van der Waals surface area (Å²) in [6.07, 6.45) is 0.912. The topological polar surface area (TPSA) is 120 Å². The predicted molar refractivity (Wildman–Crippen MR) is 92.0 cm³/mol. The molecule has 0 saturated carbocycles. The van der Waals surface area contributed by atoms with E-state index in [0.717, 1.165) is 5.56 Å². The van der Waals surface area contributed by atoms with Crippen LogP contribution in [-0.4, -0.2) is 38.3 Å². The summed E-state index contributed by atoms with van der Waals surface area (Å²) in [4.78, 5) is 27.3. The molecule has 0 saturated heterocycles. The van der Waals surface area contributed by atoms with Gasteiger partial charge in [-0.15, -0.1) is 0 Å². The molecule has 134 valence electrons. The fourth-order valence-corrected chi connectivity index (χ4v) is 2.46. The van der Waals surface area contributed by atoms with E-state index in [2.05, 4.69) is 25.8 Å². The van der Waals surface area contributed by atoms with Gasteiger partial charge in [-0.25, -0.2) is 9.78 Å². The molecule has 1 aromatic heterocycles. The molecule has 25 heavy (non-hydrogen) atoms. The number of rotatable bonds is 8. The Bertz CT molecular complexity index is 701. The number of aliphatic carboxylic acids is 1. The number of carboxylic acid groups (broad SMARTS) is 1. The van der Waals surface area contributed by atoms with Crippen molar-refractivity contribution in [3.05, 3.63) is 47.5 Å². The summed E-state index contributed by atoms with van der Waals surface area (Å²) < 4.78 is 0. The first-order valence-corrected chi connectivity index (χ1v) is 8.15. The Kier molecular flexibility index (Phi) is 6.50. The van der Waals surface area contributed by atoms with E-state index in [1.165, 1.54) is 0 Å². The predicted octanol–water partition coefficient (Wildman–Crippen LogP) is 1.95. The SMILES string of the molecule is Cc1nc(C(C)NC(=O)NC(CCC(=O)O)Cc2ccccc2)n[nH]1. The van der Waals surface area contributed by atoms with Crippen LogP contribution >= 0.6 is 0 Å². The molecule has 0 fully saturated rings. The van der Waals surface area contributed by atoms with Crippen molar-refractivity contribution >= 4 is 12.0 Å². The van der Waals surface area contributed by atoms with Crippen LogP contribution < -0.4 is 10.6 Å². The van der Waals surface area contributed by atoms with E-state index in [1.54, 1.807) is 13.8 Å². The van der Waals surface area contributed by atoms with Crippen molar-refractivity contribution < 1.29 is 14.7 Å². The Morgan fingerprint density at radius 2 is 1.96 bits per heavy atom. The highest BCUT2D eigenvalue weighted by molar-refractivity contribution is 5.74. The molecule has 1 aromatic carbocycles. The van der Waals surface area contributed by atoms with Gasteiger partial charge in [-0.1, -0.05) is 30.3 Å². The lowest BCUT2D eigenvalue weighted by Crippen LogP contribution is -2.44. The fraction of sp³-hybridized carbons (Fsp3) is 0.412. The van der Waals surface area contributed by atoms with Crippen LogP contribution in [0.3, 0.4) is 0 Å². The summed E-state index contributed by atoms with van der Waals surface area (Å²) in [5, 5.41) is 21.3. The van der Waals surface area contributed by atoms with Crippen molar-refractivity contribution in [1.29, 1.82) is 0 Å². The smallest absolute Gasteiger partial charge is 0.315 e. The normalized spacial score (nSPS) is 13.0. The number of carboxylic acids is 1. The highest BCUT2D eigenvalue weighted by atomic mass is 16.4. The number of amides is 2. The molecule has 0 aliphatic heterocycles. The third kappa shape index (κ3) is 6.25. The summed E-state index contributed by atoms with van der Waals surface area (Å²) >= 11 is 0. The largest absolute Gasteiger partial charge is 0.481 e. The molecular weight excluding hydrogens is 322 g/mol. The van der Waals surface area contributed by atoms with Crippen molar-refractivity contribution in [2.75, 3.05) is 0 Å². The van der Waals surface area contributed by atoms with E-state index >= 15 is 0 Å².